The Morgan fingerprint density at radius 3 is 1.76 bits per heavy atom. The summed E-state index contributed by atoms with van der Waals surface area (Å²) in [5, 5.41) is 11.6. The number of carbonyl (C=O) groups excluding carboxylic acids is 12. The number of amides is 12. The summed E-state index contributed by atoms with van der Waals surface area (Å²) in [6, 6.07) is -9.92. The predicted molar refractivity (Wildman–Crippen MR) is 369 cm³/mol. The van der Waals surface area contributed by atoms with Crippen LogP contribution in [0, 0.1) is 29.6 Å². The molecule has 26 nitrogen and oxygen atoms in total. The molecule has 4 N–H and O–H groups in total. The second-order valence-corrected chi connectivity index (χ2v) is 29.8. The SMILES string of the molecule is CCCC[C@@H]1NC(=O)[C@H](CC2CCCC(I)C2)NC(=O)CN(C)C(=O)[C@H](CC2CCC(C)CC2)N(C)C(=O)CN(C)C(=O)CN(C)C(=O)[C@H]([C@@H](C)CC)NC(=O)[C@H](CCOC)N(C)C(=O)C[C@@H](C(=O)N2CCCCC2)N(C)C(=O)[C@H](CC(C)C)NC(=O)[C@H](COC)N(C)C1=O. The van der Waals surface area contributed by atoms with Crippen molar-refractivity contribution in [3.05, 3.63) is 0 Å². The fourth-order valence-electron chi connectivity index (χ4n) is 13.4. The molecule has 4 aliphatic rings. The Hall–Kier alpha value is -5.71. The number of likely N-dealkylation sites (N-methyl/N-ethyl adjacent to an activating group) is 7. The molecule has 12 amide bonds. The highest BCUT2D eigenvalue weighted by Gasteiger charge is 2.43. The number of nitrogens with zero attached hydrogens (tertiary/aromatic N) is 8. The maximum atomic E-state index is 15.1. The summed E-state index contributed by atoms with van der Waals surface area (Å²) in [7, 11) is 12.8. The Balaban J connectivity index is 1.87. The van der Waals surface area contributed by atoms with Gasteiger partial charge in [-0.1, -0.05) is 122 Å². The Bertz CT molecular complexity index is 2590. The molecule has 0 spiro atoms. The number of nitrogens with one attached hydrogen (secondary N) is 4. The minimum absolute atomic E-state index is 0.00100. The van der Waals surface area contributed by atoms with Crippen molar-refractivity contribution in [2.45, 2.75) is 222 Å². The molecule has 11 atom stereocenters. The van der Waals surface area contributed by atoms with E-state index < -0.39 is 151 Å². The van der Waals surface area contributed by atoms with Gasteiger partial charge >= 0.3 is 0 Å². The van der Waals surface area contributed by atoms with E-state index in [1.807, 2.05) is 27.7 Å². The average Bonchev–Trinajstić information content (AvgIpc) is 0.837. The standard InChI is InChI=1S/C68H117IN12O14/c1-16-18-25-49-64(89)80(13)55(42-95-15)63(88)72-51(34-43(3)4)65(90)79(12)54(67(92)81-31-20-19-21-32-81)38-57(83)77(10)52(30-33-94-14)62(87)73-60(45(6)17-2)68(93)76(9)40-58(84)74(7)41-59(85)78(11)53(37-46-28-26-44(5)27-29-46)66(91)75(8)39-56(82)70-50(61(86)71-49)36-47-23-22-24-48(69)35-47/h43-55,60H,16-42H2,1-15H3,(H,70,82)(H,71,86)(H,72,88)(H,73,87)/t44?,45-,46?,47?,48?,49-,50-,51-,52-,53-,54-,55-,60-/m0/s1. The highest BCUT2D eigenvalue weighted by molar-refractivity contribution is 14.1. The van der Waals surface area contributed by atoms with Crippen LogP contribution in [0.4, 0.5) is 0 Å². The van der Waals surface area contributed by atoms with Crippen LogP contribution < -0.4 is 21.3 Å². The van der Waals surface area contributed by atoms with Crippen LogP contribution in [0.1, 0.15) is 170 Å². The lowest BCUT2D eigenvalue weighted by molar-refractivity contribution is -0.151. The third-order valence-corrected chi connectivity index (χ3v) is 21.1. The molecule has 95 heavy (non-hydrogen) atoms. The van der Waals surface area contributed by atoms with Gasteiger partial charge in [0.1, 0.15) is 48.3 Å². The minimum Gasteiger partial charge on any atom is -0.385 e. The number of alkyl halides is 1. The number of hydrogen-bond donors (Lipinski definition) is 4. The highest BCUT2D eigenvalue weighted by atomic mass is 127. The maximum Gasteiger partial charge on any atom is 0.245 e. The molecule has 2 unspecified atom stereocenters. The summed E-state index contributed by atoms with van der Waals surface area (Å²) in [5.74, 6) is -7.74. The van der Waals surface area contributed by atoms with Crippen LogP contribution >= 0.6 is 22.6 Å². The first-order chi connectivity index (χ1) is 44.9. The fourth-order valence-corrected chi connectivity index (χ4v) is 14.6. The molecular formula is C68H117IN12O14. The van der Waals surface area contributed by atoms with E-state index in [9.17, 15) is 52.7 Å². The van der Waals surface area contributed by atoms with Crippen LogP contribution in [0.3, 0.4) is 0 Å². The molecule has 0 aromatic heterocycles. The molecule has 0 bridgehead atoms. The van der Waals surface area contributed by atoms with E-state index in [0.29, 0.717) is 61.5 Å². The molecule has 2 aliphatic carbocycles. The molecule has 0 radical (unpaired) electrons. The monoisotopic (exact) mass is 1450 g/mol. The van der Waals surface area contributed by atoms with E-state index in [4.69, 9.17) is 9.47 Å². The number of rotatable bonds is 17. The van der Waals surface area contributed by atoms with Crippen LogP contribution in [-0.2, 0) is 67.0 Å². The molecule has 2 saturated heterocycles. The van der Waals surface area contributed by atoms with Gasteiger partial charge in [-0.25, -0.2) is 0 Å². The molecule has 4 rings (SSSR count). The molecule has 27 heteroatoms. The highest BCUT2D eigenvalue weighted by Crippen LogP contribution is 2.34. The maximum absolute atomic E-state index is 15.1. The van der Waals surface area contributed by atoms with Crippen LogP contribution in [0.15, 0.2) is 0 Å². The zero-order valence-electron chi connectivity index (χ0n) is 59.8. The molecule has 4 fully saturated rings. The van der Waals surface area contributed by atoms with E-state index in [2.05, 4.69) is 50.8 Å². The van der Waals surface area contributed by atoms with Gasteiger partial charge in [-0.05, 0) is 87.4 Å². The van der Waals surface area contributed by atoms with Gasteiger partial charge in [-0.3, -0.25) is 57.5 Å². The Labute approximate surface area is 579 Å². The zero-order valence-corrected chi connectivity index (χ0v) is 62.0. The van der Waals surface area contributed by atoms with Crippen LogP contribution in [0.5, 0.6) is 0 Å². The van der Waals surface area contributed by atoms with Gasteiger partial charge in [0.15, 0.2) is 0 Å². The number of piperidine rings is 1. The predicted octanol–water partition coefficient (Wildman–Crippen LogP) is 3.59. The Morgan fingerprint density at radius 1 is 0.558 bits per heavy atom. The first kappa shape index (κ1) is 81.7. The summed E-state index contributed by atoms with van der Waals surface area (Å²) in [6.45, 7) is 10.4. The van der Waals surface area contributed by atoms with Gasteiger partial charge in [-0.15, -0.1) is 0 Å². The molecule has 0 aromatic carbocycles. The van der Waals surface area contributed by atoms with E-state index in [1.54, 1.807) is 11.8 Å². The molecule has 0 aromatic rings. The van der Waals surface area contributed by atoms with Gasteiger partial charge in [0.2, 0.25) is 70.9 Å². The normalized spacial score (nSPS) is 29.1. The molecule has 540 valence electrons. The largest absolute Gasteiger partial charge is 0.385 e. The van der Waals surface area contributed by atoms with Crippen molar-refractivity contribution < 1.29 is 67.0 Å². The van der Waals surface area contributed by atoms with Gasteiger partial charge < -0.3 is 69.9 Å². The third kappa shape index (κ3) is 24.7. The van der Waals surface area contributed by atoms with Crippen LogP contribution in [-0.4, -0.2) is 272 Å². The van der Waals surface area contributed by atoms with Gasteiger partial charge in [-0.2, -0.15) is 0 Å². The fraction of sp³-hybridized carbons (Fsp3) is 0.824. The van der Waals surface area contributed by atoms with E-state index in [1.165, 1.54) is 83.2 Å². The number of hydrogen-bond acceptors (Lipinski definition) is 14. The molecule has 2 aliphatic heterocycles. The Morgan fingerprint density at radius 2 is 1.16 bits per heavy atom. The summed E-state index contributed by atoms with van der Waals surface area (Å²) in [5.41, 5.74) is 0. The van der Waals surface area contributed by atoms with Gasteiger partial charge in [0, 0.05) is 93.6 Å². The molecular weight excluding hydrogens is 1340 g/mol. The number of ether oxygens (including phenoxy) is 2. The van der Waals surface area contributed by atoms with Gasteiger partial charge in [0.05, 0.1) is 32.7 Å². The van der Waals surface area contributed by atoms with Crippen molar-refractivity contribution in [3.63, 3.8) is 0 Å². The van der Waals surface area contributed by atoms with E-state index in [0.717, 1.165) is 72.5 Å². The number of likely N-dealkylation sites (tertiary alicyclic amines) is 1. The van der Waals surface area contributed by atoms with Crippen molar-refractivity contribution in [1.82, 2.24) is 60.5 Å². The van der Waals surface area contributed by atoms with Crippen LogP contribution in [0.2, 0.25) is 0 Å². The van der Waals surface area contributed by atoms with Gasteiger partial charge in [0.25, 0.3) is 0 Å². The first-order valence-electron chi connectivity index (χ1n) is 34.8. The quantitative estimate of drug-likeness (QED) is 0.120. The number of carbonyl (C=O) groups is 12. The van der Waals surface area contributed by atoms with Crippen molar-refractivity contribution in [2.24, 2.45) is 29.6 Å². The zero-order chi connectivity index (χ0) is 71.0. The summed E-state index contributed by atoms with van der Waals surface area (Å²) < 4.78 is 11.3. The molecule has 2 heterocycles. The topological polar surface area (TPSA) is 297 Å². The number of unbranched alkanes of at least 4 members (excludes halogenated alkanes) is 1. The van der Waals surface area contributed by atoms with Crippen molar-refractivity contribution >= 4 is 93.5 Å². The lowest BCUT2D eigenvalue weighted by atomic mass is 9.79. The second-order valence-electron chi connectivity index (χ2n) is 28.0. The lowest BCUT2D eigenvalue weighted by Crippen LogP contribution is -2.61. The number of methoxy groups -OCH3 is 2. The van der Waals surface area contributed by atoms with Crippen molar-refractivity contribution in [2.75, 3.05) is 109 Å². The van der Waals surface area contributed by atoms with E-state index >= 15 is 4.79 Å². The summed E-state index contributed by atoms with van der Waals surface area (Å²) in [4.78, 5) is 187. The van der Waals surface area contributed by atoms with Crippen molar-refractivity contribution in [1.29, 1.82) is 0 Å². The summed E-state index contributed by atoms with van der Waals surface area (Å²) in [6.07, 6.45) is 11.0. The van der Waals surface area contributed by atoms with Crippen LogP contribution in [0.25, 0.3) is 0 Å². The second kappa shape index (κ2) is 40.2. The lowest BCUT2D eigenvalue weighted by Gasteiger charge is -2.38. The minimum atomic E-state index is -1.42. The van der Waals surface area contributed by atoms with Crippen molar-refractivity contribution in [3.8, 4) is 0 Å². The third-order valence-electron chi connectivity index (χ3n) is 20.0. The molecule has 2 saturated carbocycles. The summed E-state index contributed by atoms with van der Waals surface area (Å²) >= 11 is 2.41. The number of halogens is 1. The average molecular weight is 1450 g/mol. The van der Waals surface area contributed by atoms with E-state index in [-0.39, 0.29) is 56.7 Å². The smallest absolute Gasteiger partial charge is 0.245 e. The Kier molecular flexibility index (Phi) is 34.6. The first-order valence-corrected chi connectivity index (χ1v) is 36.0.